The Morgan fingerprint density at radius 2 is 2.29 bits per heavy atom. The molecule has 2 rings (SSSR count). The Hall–Kier alpha value is -1.50. The highest BCUT2D eigenvalue weighted by Gasteiger charge is 2.06. The largest absolute Gasteiger partial charge is 0.304 e. The van der Waals surface area contributed by atoms with Crippen molar-refractivity contribution in [2.75, 3.05) is 0 Å². The summed E-state index contributed by atoms with van der Waals surface area (Å²) in [5.74, 6) is 0.450. The summed E-state index contributed by atoms with van der Waals surface area (Å²) in [5, 5.41) is 7.43. The first-order valence-corrected chi connectivity index (χ1v) is 4.57. The van der Waals surface area contributed by atoms with Crippen LogP contribution in [0.2, 0.25) is 0 Å². The molecule has 0 atom stereocenters. The summed E-state index contributed by atoms with van der Waals surface area (Å²) in [6, 6.07) is 0. The lowest BCUT2D eigenvalue weighted by atomic mass is 10.4. The molecule has 0 spiro atoms. The lowest BCUT2D eigenvalue weighted by Gasteiger charge is -1.98. The average Bonchev–Trinajstić information content (AvgIpc) is 2.57. The molecule has 6 nitrogen and oxygen atoms in total. The number of halogens is 1. The van der Waals surface area contributed by atoms with Crippen LogP contribution >= 0.6 is 15.9 Å². The maximum absolute atomic E-state index is 11.3. The average molecular weight is 256 g/mol. The number of hydrogen-bond donors (Lipinski definition) is 1. The number of nitrogens with zero attached hydrogens (tertiary/aromatic N) is 4. The third kappa shape index (κ3) is 1.46. The molecule has 1 N–H and O–H groups in total. The normalized spacial score (nSPS) is 10.4. The zero-order valence-electron chi connectivity index (χ0n) is 7.23. The molecule has 0 aliphatic heterocycles. The van der Waals surface area contributed by atoms with Crippen molar-refractivity contribution in [3.05, 3.63) is 27.2 Å². The van der Waals surface area contributed by atoms with Gasteiger partial charge in [-0.2, -0.15) is 0 Å². The summed E-state index contributed by atoms with van der Waals surface area (Å²) in [5.41, 5.74) is 0.436. The smallest absolute Gasteiger partial charge is 0.265 e. The number of rotatable bonds is 1. The summed E-state index contributed by atoms with van der Waals surface area (Å²) in [6.07, 6.45) is 2.98. The molecule has 0 aliphatic carbocycles. The van der Waals surface area contributed by atoms with Gasteiger partial charge in [-0.1, -0.05) is 5.21 Å². The molecule has 2 aromatic rings. The molecule has 72 valence electrons. The Bertz CT molecular complexity index is 517. The molecular weight excluding hydrogens is 250 g/mol. The highest BCUT2D eigenvalue weighted by atomic mass is 79.9. The van der Waals surface area contributed by atoms with Gasteiger partial charge in [0.05, 0.1) is 6.20 Å². The minimum absolute atomic E-state index is 0.226. The quantitative estimate of drug-likeness (QED) is 0.797. The lowest BCUT2D eigenvalue weighted by Crippen LogP contribution is -2.10. The van der Waals surface area contributed by atoms with Gasteiger partial charge in [-0.3, -0.25) is 4.79 Å². The maximum Gasteiger partial charge on any atom is 0.265 e. The van der Waals surface area contributed by atoms with Crippen LogP contribution < -0.4 is 5.56 Å². The van der Waals surface area contributed by atoms with E-state index >= 15 is 0 Å². The van der Waals surface area contributed by atoms with E-state index in [-0.39, 0.29) is 5.56 Å². The second-order valence-electron chi connectivity index (χ2n) is 2.65. The van der Waals surface area contributed by atoms with Crippen LogP contribution in [0.3, 0.4) is 0 Å². The van der Waals surface area contributed by atoms with Crippen LogP contribution in [0.15, 0.2) is 21.7 Å². The van der Waals surface area contributed by atoms with E-state index in [1.54, 1.807) is 7.05 Å². The first-order valence-electron chi connectivity index (χ1n) is 3.78. The maximum atomic E-state index is 11.3. The van der Waals surface area contributed by atoms with Gasteiger partial charge >= 0.3 is 0 Å². The van der Waals surface area contributed by atoms with Crippen LogP contribution in [-0.2, 0) is 7.05 Å². The number of nitrogens with one attached hydrogen (secondary N) is 1. The van der Waals surface area contributed by atoms with Crippen LogP contribution in [0, 0.1) is 0 Å². The molecular formula is C7H6BrN5O. The van der Waals surface area contributed by atoms with E-state index in [9.17, 15) is 4.79 Å². The molecule has 0 amide bonds. The van der Waals surface area contributed by atoms with E-state index in [2.05, 4.69) is 36.2 Å². The Balaban J connectivity index is 2.59. The molecule has 0 fully saturated rings. The monoisotopic (exact) mass is 255 g/mol. The third-order valence-corrected chi connectivity index (χ3v) is 2.28. The lowest BCUT2D eigenvalue weighted by molar-refractivity contribution is 0.717. The molecule has 0 aliphatic rings. The Labute approximate surface area is 87.1 Å². The van der Waals surface area contributed by atoms with Crippen molar-refractivity contribution in [2.24, 2.45) is 7.05 Å². The summed E-state index contributed by atoms with van der Waals surface area (Å²) in [6.45, 7) is 0. The van der Waals surface area contributed by atoms with Gasteiger partial charge in [0.15, 0.2) is 5.82 Å². The minimum Gasteiger partial charge on any atom is -0.304 e. The molecule has 0 radical (unpaired) electrons. The summed E-state index contributed by atoms with van der Waals surface area (Å²) < 4.78 is 1.93. The summed E-state index contributed by atoms with van der Waals surface area (Å²) in [4.78, 5) is 17.9. The van der Waals surface area contributed by atoms with Crippen molar-refractivity contribution >= 4 is 15.9 Å². The predicted octanol–water partition coefficient (Wildman–Crippen LogP) is 0.328. The van der Waals surface area contributed by atoms with Gasteiger partial charge in [-0.15, -0.1) is 5.10 Å². The first kappa shape index (κ1) is 9.07. The second-order valence-corrected chi connectivity index (χ2v) is 3.51. The van der Waals surface area contributed by atoms with Gasteiger partial charge in [-0.25, -0.2) is 9.67 Å². The van der Waals surface area contributed by atoms with Crippen molar-refractivity contribution in [3.8, 4) is 11.5 Å². The minimum atomic E-state index is -0.226. The third-order valence-electron chi connectivity index (χ3n) is 1.71. The molecule has 2 heterocycles. The van der Waals surface area contributed by atoms with Gasteiger partial charge in [0.2, 0.25) is 0 Å². The SMILES string of the molecule is Cn1nncc1-c1ncc(Br)c(=O)[nH]1. The standard InChI is InChI=1S/C7H6BrN5O/c1-13-5(3-10-12-13)6-9-2-4(8)7(14)11-6/h2-3H,1H3,(H,9,11,14). The van der Waals surface area contributed by atoms with E-state index in [0.29, 0.717) is 16.0 Å². The van der Waals surface area contributed by atoms with Gasteiger partial charge in [0.25, 0.3) is 5.56 Å². The van der Waals surface area contributed by atoms with Gasteiger partial charge in [0.1, 0.15) is 10.2 Å². The number of aromatic nitrogens is 5. The number of aryl methyl sites for hydroxylation is 1. The van der Waals surface area contributed by atoms with Crippen LogP contribution in [0.5, 0.6) is 0 Å². The molecule has 0 aromatic carbocycles. The predicted molar refractivity (Wildman–Crippen MR) is 52.6 cm³/mol. The van der Waals surface area contributed by atoms with Crippen LogP contribution in [0.4, 0.5) is 0 Å². The van der Waals surface area contributed by atoms with E-state index in [0.717, 1.165) is 0 Å². The summed E-state index contributed by atoms with van der Waals surface area (Å²) >= 11 is 3.07. The highest BCUT2D eigenvalue weighted by molar-refractivity contribution is 9.10. The van der Waals surface area contributed by atoms with Gasteiger partial charge in [0, 0.05) is 13.2 Å². The van der Waals surface area contributed by atoms with E-state index < -0.39 is 0 Å². The Kier molecular flexibility index (Phi) is 2.16. The van der Waals surface area contributed by atoms with Crippen LogP contribution in [0.25, 0.3) is 11.5 Å². The fourth-order valence-corrected chi connectivity index (χ4v) is 1.22. The van der Waals surface area contributed by atoms with Crippen molar-refractivity contribution < 1.29 is 0 Å². The zero-order chi connectivity index (χ0) is 10.1. The molecule has 2 aromatic heterocycles. The number of aromatic amines is 1. The number of hydrogen-bond acceptors (Lipinski definition) is 4. The van der Waals surface area contributed by atoms with Crippen molar-refractivity contribution in [2.45, 2.75) is 0 Å². The van der Waals surface area contributed by atoms with Crippen molar-refractivity contribution in [3.63, 3.8) is 0 Å². The van der Waals surface area contributed by atoms with E-state index in [4.69, 9.17) is 0 Å². The zero-order valence-corrected chi connectivity index (χ0v) is 8.82. The van der Waals surface area contributed by atoms with E-state index in [1.807, 2.05) is 0 Å². The van der Waals surface area contributed by atoms with Gasteiger partial charge < -0.3 is 4.98 Å². The Morgan fingerprint density at radius 1 is 1.50 bits per heavy atom. The van der Waals surface area contributed by atoms with Gasteiger partial charge in [-0.05, 0) is 15.9 Å². The highest BCUT2D eigenvalue weighted by Crippen LogP contribution is 2.10. The first-order chi connectivity index (χ1) is 6.68. The molecule has 14 heavy (non-hydrogen) atoms. The van der Waals surface area contributed by atoms with Crippen LogP contribution in [0.1, 0.15) is 0 Å². The molecule has 7 heteroatoms. The van der Waals surface area contributed by atoms with Crippen molar-refractivity contribution in [1.29, 1.82) is 0 Å². The molecule has 0 bridgehead atoms. The molecule has 0 saturated carbocycles. The van der Waals surface area contributed by atoms with E-state index in [1.165, 1.54) is 17.1 Å². The fourth-order valence-electron chi connectivity index (χ4n) is 1.01. The number of H-pyrrole nitrogens is 1. The second kappa shape index (κ2) is 3.33. The Morgan fingerprint density at radius 3 is 2.86 bits per heavy atom. The topological polar surface area (TPSA) is 76.5 Å². The van der Waals surface area contributed by atoms with Crippen molar-refractivity contribution in [1.82, 2.24) is 25.0 Å². The molecule has 0 saturated heterocycles. The fraction of sp³-hybridized carbons (Fsp3) is 0.143. The summed E-state index contributed by atoms with van der Waals surface area (Å²) in [7, 11) is 1.73. The molecule has 0 unspecified atom stereocenters. The van der Waals surface area contributed by atoms with Crippen LogP contribution in [-0.4, -0.2) is 25.0 Å².